The van der Waals surface area contributed by atoms with Crippen LogP contribution in [0.1, 0.15) is 27.7 Å². The number of nitrogens with zero attached hydrogens (tertiary/aromatic N) is 5. The van der Waals surface area contributed by atoms with Gasteiger partial charge in [0.05, 0.1) is 22.7 Å². The number of pyridine rings is 1. The van der Waals surface area contributed by atoms with Gasteiger partial charge in [-0.15, -0.1) is 0 Å². The summed E-state index contributed by atoms with van der Waals surface area (Å²) in [7, 11) is 0. The van der Waals surface area contributed by atoms with Gasteiger partial charge in [-0.25, -0.2) is 23.1 Å². The van der Waals surface area contributed by atoms with E-state index in [0.29, 0.717) is 30.9 Å². The second-order valence-electron chi connectivity index (χ2n) is 12.2. The van der Waals surface area contributed by atoms with Crippen LogP contribution in [0.4, 0.5) is 14.6 Å². The fourth-order valence-corrected chi connectivity index (χ4v) is 6.63. The van der Waals surface area contributed by atoms with Gasteiger partial charge in [0.1, 0.15) is 41.9 Å². The molecule has 3 aliphatic rings. The number of fused-ring (bicyclic) bond motifs is 4. The minimum Gasteiger partial charge on any atom is -0.490 e. The van der Waals surface area contributed by atoms with Crippen molar-refractivity contribution in [3.05, 3.63) is 76.9 Å². The number of hydrogen-bond acceptors (Lipinski definition) is 9. The smallest absolute Gasteiger partial charge is 0.355 e. The number of anilines is 1. The van der Waals surface area contributed by atoms with Crippen LogP contribution in [0, 0.1) is 17.6 Å². The van der Waals surface area contributed by atoms with E-state index in [4.69, 9.17) is 14.5 Å². The maximum absolute atomic E-state index is 16.3. The summed E-state index contributed by atoms with van der Waals surface area (Å²) in [6, 6.07) is 4.50. The Morgan fingerprint density at radius 3 is 2.74 bits per heavy atom. The molecule has 248 valence electrons. The van der Waals surface area contributed by atoms with Crippen molar-refractivity contribution in [3.63, 3.8) is 0 Å². The number of halogens is 2. The average molecular weight is 649 g/mol. The molecule has 47 heavy (non-hydrogen) atoms. The number of piperazine rings is 1. The second-order valence-corrected chi connectivity index (χ2v) is 12.2. The van der Waals surface area contributed by atoms with Gasteiger partial charge < -0.3 is 29.7 Å². The number of aliphatic hydroxyl groups excluding tert-OH is 1. The van der Waals surface area contributed by atoms with Crippen LogP contribution in [0.3, 0.4) is 0 Å². The van der Waals surface area contributed by atoms with Gasteiger partial charge in [0.15, 0.2) is 11.5 Å². The summed E-state index contributed by atoms with van der Waals surface area (Å²) in [4.78, 5) is 39.5. The third-order valence-corrected chi connectivity index (χ3v) is 8.85. The van der Waals surface area contributed by atoms with Crippen LogP contribution in [0.25, 0.3) is 28.0 Å². The first-order valence-corrected chi connectivity index (χ1v) is 15.7. The largest absolute Gasteiger partial charge is 0.490 e. The lowest BCUT2D eigenvalue weighted by atomic mass is 9.90. The number of carbonyl (C=O) groups excluding carboxylic acids is 1. The molecule has 0 aliphatic carbocycles. The number of benzene rings is 1. The summed E-state index contributed by atoms with van der Waals surface area (Å²) < 4.78 is 45.2. The van der Waals surface area contributed by atoms with Crippen LogP contribution in [-0.4, -0.2) is 87.6 Å². The van der Waals surface area contributed by atoms with Crippen molar-refractivity contribution in [2.75, 3.05) is 37.7 Å². The van der Waals surface area contributed by atoms with Crippen molar-refractivity contribution in [3.8, 4) is 17.0 Å². The number of ether oxygens (including phenoxy) is 2. The van der Waals surface area contributed by atoms with Crippen molar-refractivity contribution >= 4 is 28.5 Å². The van der Waals surface area contributed by atoms with Gasteiger partial charge in [0, 0.05) is 37.9 Å². The highest BCUT2D eigenvalue weighted by atomic mass is 19.1. The molecule has 5 heterocycles. The zero-order chi connectivity index (χ0) is 33.6. The lowest BCUT2D eigenvalue weighted by molar-refractivity contribution is -0.126. The van der Waals surface area contributed by atoms with E-state index in [1.54, 1.807) is 24.1 Å². The van der Waals surface area contributed by atoms with Crippen LogP contribution in [-0.2, 0) is 9.53 Å². The Labute approximate surface area is 270 Å². The van der Waals surface area contributed by atoms with Crippen molar-refractivity contribution in [2.45, 2.75) is 52.0 Å². The predicted octanol–water partition coefficient (Wildman–Crippen LogP) is 3.47. The number of rotatable bonds is 5. The third-order valence-electron chi connectivity index (χ3n) is 8.85. The first-order valence-electron chi connectivity index (χ1n) is 15.7. The van der Waals surface area contributed by atoms with Crippen LogP contribution in [0.5, 0.6) is 5.75 Å². The molecule has 3 aromatic rings. The maximum Gasteiger partial charge on any atom is 0.355 e. The molecular formula is C34H38F2N6O5. The van der Waals surface area contributed by atoms with Crippen LogP contribution in [0.15, 0.2) is 59.6 Å². The molecule has 0 radical (unpaired) electrons. The van der Waals surface area contributed by atoms with E-state index in [0.717, 1.165) is 0 Å². The quantitative estimate of drug-likeness (QED) is 0.401. The highest BCUT2D eigenvalue weighted by molar-refractivity contribution is 5.92. The van der Waals surface area contributed by atoms with Gasteiger partial charge in [-0.1, -0.05) is 26.5 Å². The minimum absolute atomic E-state index is 0.0273. The molecule has 2 N–H and O–H groups in total. The number of dihydropyridines is 1. The zero-order valence-electron chi connectivity index (χ0n) is 26.7. The summed E-state index contributed by atoms with van der Waals surface area (Å²) in [6.07, 6.45) is 2.51. The second kappa shape index (κ2) is 12.9. The van der Waals surface area contributed by atoms with Crippen LogP contribution >= 0.6 is 0 Å². The maximum atomic E-state index is 16.3. The number of amides is 1. The SMILES string of the molecule is C=CC(=O)N1CCN(c2nc(=O)n3c4nc(c(F)cc24)-c2c(F)cccc2OCC(O)C(OCC)C2=C3C(C(C)C)NC=C2)[C@@H](C)C1. The summed E-state index contributed by atoms with van der Waals surface area (Å²) >= 11 is 0. The Balaban J connectivity index is 1.71. The molecule has 6 rings (SSSR count). The number of nitrogens with one attached hydrogen (secondary N) is 1. The van der Waals surface area contributed by atoms with Crippen molar-refractivity contribution in [1.29, 1.82) is 0 Å². The zero-order valence-corrected chi connectivity index (χ0v) is 26.7. The van der Waals surface area contributed by atoms with E-state index >= 15 is 8.78 Å². The molecule has 2 bridgehead atoms. The molecular weight excluding hydrogens is 610 g/mol. The van der Waals surface area contributed by atoms with Gasteiger partial charge >= 0.3 is 5.69 Å². The van der Waals surface area contributed by atoms with E-state index < -0.39 is 35.6 Å². The molecule has 2 aromatic heterocycles. The summed E-state index contributed by atoms with van der Waals surface area (Å²) in [6.45, 7) is 12.1. The molecule has 1 saturated heterocycles. The van der Waals surface area contributed by atoms with E-state index in [-0.39, 0.29) is 64.9 Å². The number of aliphatic hydroxyl groups is 1. The first-order chi connectivity index (χ1) is 22.5. The molecule has 3 aliphatic heterocycles. The van der Waals surface area contributed by atoms with E-state index in [1.807, 2.05) is 25.7 Å². The van der Waals surface area contributed by atoms with E-state index in [1.165, 1.54) is 34.9 Å². The number of aromatic nitrogens is 3. The van der Waals surface area contributed by atoms with Gasteiger partial charge in [0.25, 0.3) is 0 Å². The monoisotopic (exact) mass is 648 g/mol. The lowest BCUT2D eigenvalue weighted by Gasteiger charge is -2.40. The highest BCUT2D eigenvalue weighted by Gasteiger charge is 2.37. The normalized spacial score (nSPS) is 22.7. The van der Waals surface area contributed by atoms with Crippen molar-refractivity contribution < 1.29 is 28.2 Å². The van der Waals surface area contributed by atoms with Crippen LogP contribution in [0.2, 0.25) is 0 Å². The first kappa shape index (κ1) is 32.3. The summed E-state index contributed by atoms with van der Waals surface area (Å²) in [5.41, 5.74) is -0.339. The topological polar surface area (TPSA) is 122 Å². The minimum atomic E-state index is -1.25. The highest BCUT2D eigenvalue weighted by Crippen LogP contribution is 2.39. The molecule has 0 spiro atoms. The summed E-state index contributed by atoms with van der Waals surface area (Å²) in [5.74, 6) is -1.77. The average Bonchev–Trinajstić information content (AvgIpc) is 3.05. The predicted molar refractivity (Wildman–Crippen MR) is 174 cm³/mol. The number of hydrogen-bond donors (Lipinski definition) is 2. The lowest BCUT2D eigenvalue weighted by Crippen LogP contribution is -2.54. The molecule has 0 saturated carbocycles. The van der Waals surface area contributed by atoms with Gasteiger partial charge in [0.2, 0.25) is 5.91 Å². The van der Waals surface area contributed by atoms with Gasteiger partial charge in [-0.3, -0.25) is 4.79 Å². The Morgan fingerprint density at radius 2 is 2.04 bits per heavy atom. The molecule has 11 nitrogen and oxygen atoms in total. The fourth-order valence-electron chi connectivity index (χ4n) is 6.63. The molecule has 1 amide bonds. The molecule has 13 heteroatoms. The van der Waals surface area contributed by atoms with E-state index in [9.17, 15) is 14.7 Å². The number of carbonyl (C=O) groups is 1. The molecule has 1 aromatic carbocycles. The third kappa shape index (κ3) is 5.67. The van der Waals surface area contributed by atoms with Crippen molar-refractivity contribution in [1.82, 2.24) is 24.8 Å². The Morgan fingerprint density at radius 1 is 1.26 bits per heavy atom. The molecule has 4 atom stereocenters. The Hall–Kier alpha value is -4.62. The van der Waals surface area contributed by atoms with Crippen LogP contribution < -0.4 is 20.6 Å². The molecule has 1 fully saturated rings. The van der Waals surface area contributed by atoms with Gasteiger partial charge in [-0.05, 0) is 56.3 Å². The van der Waals surface area contributed by atoms with E-state index in [2.05, 4.69) is 16.9 Å². The standard InChI is InChI=1S/C34H38F2N6O5/c1-6-26(44)40-13-14-41(19(5)16-40)32-21-15-23(36)29-27-22(35)9-8-10-25(27)47-17-24(43)31(46-7-2)20-11-12-37-28(18(3)4)30(20)42(33(21)38-29)34(45)39-32/h6,8-12,15,18-19,24,28,31,37,43H,1,7,13-14,16-17H2,2-5H3/t19-,24?,28?,31?/m0/s1. The summed E-state index contributed by atoms with van der Waals surface area (Å²) in [5, 5.41) is 15.0. The Kier molecular flexibility index (Phi) is 8.86. The fraction of sp³-hybridized carbons (Fsp3) is 0.412. The van der Waals surface area contributed by atoms with Gasteiger partial charge in [-0.2, -0.15) is 4.98 Å². The molecule has 3 unspecified atom stereocenters. The Bertz CT molecular complexity index is 1860. The van der Waals surface area contributed by atoms with Crippen molar-refractivity contribution in [2.24, 2.45) is 5.92 Å².